The van der Waals surface area contributed by atoms with Crippen LogP contribution in [0, 0.1) is 5.92 Å². The average Bonchev–Trinajstić information content (AvgIpc) is 2.24. The summed E-state index contributed by atoms with van der Waals surface area (Å²) in [5.41, 5.74) is 0. The first-order valence-corrected chi connectivity index (χ1v) is 6.09. The van der Waals surface area contributed by atoms with E-state index in [0.29, 0.717) is 12.3 Å². The van der Waals surface area contributed by atoms with Crippen molar-refractivity contribution in [3.05, 3.63) is 0 Å². The summed E-state index contributed by atoms with van der Waals surface area (Å²) in [7, 11) is -3.91. The maximum atomic E-state index is 11.0. The van der Waals surface area contributed by atoms with Gasteiger partial charge in [0.15, 0.2) is 0 Å². The number of ether oxygens (including phenoxy) is 1. The van der Waals surface area contributed by atoms with Crippen LogP contribution < -0.4 is 0 Å². The van der Waals surface area contributed by atoms with Crippen molar-refractivity contribution in [2.75, 3.05) is 0 Å². The third-order valence-electron chi connectivity index (χ3n) is 2.96. The van der Waals surface area contributed by atoms with Crippen molar-refractivity contribution in [1.29, 1.82) is 0 Å². The highest BCUT2D eigenvalue weighted by molar-refractivity contribution is 7.86. The highest BCUT2D eigenvalue weighted by atomic mass is 32.2. The molecule has 2 rings (SSSR count). The maximum Gasteiger partial charge on any atom is 0.270 e. The second kappa shape index (κ2) is 2.93. The molecule has 2 aliphatic heterocycles. The summed E-state index contributed by atoms with van der Waals surface area (Å²) in [4.78, 5) is 0. The molecule has 0 spiro atoms. The Labute approximate surface area is 78.0 Å². The van der Waals surface area contributed by atoms with E-state index in [1.165, 1.54) is 0 Å². The quantitative estimate of drug-likeness (QED) is 0.645. The van der Waals surface area contributed by atoms with Crippen LogP contribution in [-0.4, -0.2) is 30.4 Å². The molecular weight excluding hydrogens is 192 g/mol. The lowest BCUT2D eigenvalue weighted by molar-refractivity contribution is -0.0149. The minimum absolute atomic E-state index is 0.0423. The van der Waals surface area contributed by atoms with Gasteiger partial charge in [-0.1, -0.05) is 6.92 Å². The first-order chi connectivity index (χ1) is 5.97. The molecule has 1 N–H and O–H groups in total. The Kier molecular flexibility index (Phi) is 2.13. The van der Waals surface area contributed by atoms with Crippen LogP contribution in [0.3, 0.4) is 0 Å². The molecule has 0 saturated carbocycles. The van der Waals surface area contributed by atoms with Gasteiger partial charge in [-0.25, -0.2) is 0 Å². The predicted octanol–water partition coefficient (Wildman–Crippen LogP) is 0.830. The number of hydrogen-bond donors (Lipinski definition) is 1. The Bertz CT molecular complexity index is 297. The first-order valence-electron chi connectivity index (χ1n) is 4.58. The van der Waals surface area contributed by atoms with Crippen LogP contribution in [0.15, 0.2) is 0 Å². The van der Waals surface area contributed by atoms with E-state index < -0.39 is 15.4 Å². The molecule has 0 aromatic heterocycles. The number of fused-ring (bicyclic) bond motifs is 2. The van der Waals surface area contributed by atoms with E-state index >= 15 is 0 Å². The molecule has 0 amide bonds. The Hall–Kier alpha value is -0.130. The standard InChI is InChI=1S/C8H14O4S/c1-5-2-6-4-8(13(9,10)11)7(3-5)12-6/h5-8H,2-4H2,1H3,(H,9,10,11). The maximum absolute atomic E-state index is 11.0. The number of hydrogen-bond acceptors (Lipinski definition) is 3. The molecule has 4 atom stereocenters. The Morgan fingerprint density at radius 2 is 2.00 bits per heavy atom. The van der Waals surface area contributed by atoms with Crippen LogP contribution in [0.25, 0.3) is 0 Å². The average molecular weight is 206 g/mol. The minimum Gasteiger partial charge on any atom is -0.373 e. The SMILES string of the molecule is CC1CC2CC(S(=O)(=O)O)C(C1)O2. The van der Waals surface area contributed by atoms with Gasteiger partial charge in [-0.15, -0.1) is 0 Å². The summed E-state index contributed by atoms with van der Waals surface area (Å²) in [5.74, 6) is 0.510. The van der Waals surface area contributed by atoms with E-state index in [-0.39, 0.29) is 12.2 Å². The third-order valence-corrected chi connectivity index (χ3v) is 4.22. The molecule has 4 unspecified atom stereocenters. The van der Waals surface area contributed by atoms with E-state index in [4.69, 9.17) is 9.29 Å². The zero-order valence-corrected chi connectivity index (χ0v) is 8.33. The molecule has 4 nitrogen and oxygen atoms in total. The summed E-state index contributed by atoms with van der Waals surface area (Å²) in [5, 5.41) is -0.678. The second-order valence-electron chi connectivity index (χ2n) is 4.16. The minimum atomic E-state index is -3.91. The fraction of sp³-hybridized carbons (Fsp3) is 1.00. The summed E-state index contributed by atoms with van der Waals surface area (Å²) in [6.07, 6.45) is 1.90. The van der Waals surface area contributed by atoms with Crippen molar-refractivity contribution in [3.63, 3.8) is 0 Å². The molecule has 0 aromatic carbocycles. The normalized spacial score (nSPS) is 45.1. The monoisotopic (exact) mass is 206 g/mol. The number of rotatable bonds is 1. The van der Waals surface area contributed by atoms with Crippen LogP contribution in [-0.2, 0) is 14.9 Å². The lowest BCUT2D eigenvalue weighted by Crippen LogP contribution is -2.32. The molecule has 2 aliphatic rings. The summed E-state index contributed by atoms with van der Waals surface area (Å²) >= 11 is 0. The van der Waals surface area contributed by atoms with Crippen LogP contribution in [0.5, 0.6) is 0 Å². The molecule has 5 heteroatoms. The van der Waals surface area contributed by atoms with E-state index in [2.05, 4.69) is 6.92 Å². The molecule has 0 radical (unpaired) electrons. The predicted molar refractivity (Wildman–Crippen MR) is 47.0 cm³/mol. The van der Waals surface area contributed by atoms with E-state index in [0.717, 1.165) is 12.8 Å². The van der Waals surface area contributed by atoms with Crippen LogP contribution in [0.2, 0.25) is 0 Å². The van der Waals surface area contributed by atoms with Gasteiger partial charge in [-0.3, -0.25) is 4.55 Å². The van der Waals surface area contributed by atoms with Gasteiger partial charge < -0.3 is 4.74 Å². The van der Waals surface area contributed by atoms with E-state index in [1.807, 2.05) is 0 Å². The van der Waals surface area contributed by atoms with Crippen molar-refractivity contribution in [1.82, 2.24) is 0 Å². The van der Waals surface area contributed by atoms with Gasteiger partial charge in [-0.2, -0.15) is 8.42 Å². The Morgan fingerprint density at radius 1 is 1.31 bits per heavy atom. The second-order valence-corrected chi connectivity index (χ2v) is 5.80. The van der Waals surface area contributed by atoms with Crippen molar-refractivity contribution in [3.8, 4) is 0 Å². The van der Waals surface area contributed by atoms with Crippen molar-refractivity contribution < 1.29 is 17.7 Å². The molecular formula is C8H14O4S. The molecule has 2 fully saturated rings. The first kappa shape index (κ1) is 9.43. The molecule has 2 heterocycles. The lowest BCUT2D eigenvalue weighted by Gasteiger charge is -2.26. The largest absolute Gasteiger partial charge is 0.373 e. The van der Waals surface area contributed by atoms with Crippen molar-refractivity contribution >= 4 is 10.1 Å². The molecule has 13 heavy (non-hydrogen) atoms. The van der Waals surface area contributed by atoms with Gasteiger partial charge in [0.05, 0.1) is 12.2 Å². The lowest BCUT2D eigenvalue weighted by atomic mass is 9.98. The van der Waals surface area contributed by atoms with Gasteiger partial charge in [0.25, 0.3) is 10.1 Å². The molecule has 0 aliphatic carbocycles. The Morgan fingerprint density at radius 3 is 2.62 bits per heavy atom. The van der Waals surface area contributed by atoms with E-state index in [1.54, 1.807) is 0 Å². The van der Waals surface area contributed by atoms with Crippen molar-refractivity contribution in [2.45, 2.75) is 43.6 Å². The van der Waals surface area contributed by atoms with Gasteiger partial charge in [-0.05, 0) is 25.2 Å². The zero-order valence-electron chi connectivity index (χ0n) is 7.51. The van der Waals surface area contributed by atoms with Crippen LogP contribution in [0.4, 0.5) is 0 Å². The van der Waals surface area contributed by atoms with E-state index in [9.17, 15) is 8.42 Å². The zero-order chi connectivity index (χ0) is 9.64. The smallest absolute Gasteiger partial charge is 0.270 e. The Balaban J connectivity index is 2.19. The fourth-order valence-corrected chi connectivity index (χ4v) is 3.43. The molecule has 76 valence electrons. The molecule has 2 saturated heterocycles. The topological polar surface area (TPSA) is 63.6 Å². The highest BCUT2D eigenvalue weighted by Gasteiger charge is 2.46. The van der Waals surface area contributed by atoms with Crippen LogP contribution in [0.1, 0.15) is 26.2 Å². The van der Waals surface area contributed by atoms with Gasteiger partial charge in [0.2, 0.25) is 0 Å². The van der Waals surface area contributed by atoms with Gasteiger partial charge in [0.1, 0.15) is 5.25 Å². The summed E-state index contributed by atoms with van der Waals surface area (Å²) in [6, 6.07) is 0. The van der Waals surface area contributed by atoms with Gasteiger partial charge in [0, 0.05) is 0 Å². The third kappa shape index (κ3) is 1.73. The fourth-order valence-electron chi connectivity index (χ4n) is 2.42. The summed E-state index contributed by atoms with van der Waals surface area (Å²) in [6.45, 7) is 2.09. The highest BCUT2D eigenvalue weighted by Crippen LogP contribution is 2.38. The van der Waals surface area contributed by atoms with Gasteiger partial charge >= 0.3 is 0 Å². The molecule has 2 bridgehead atoms. The summed E-state index contributed by atoms with van der Waals surface area (Å²) < 4.78 is 36.3. The molecule has 0 aromatic rings. The van der Waals surface area contributed by atoms with Crippen molar-refractivity contribution in [2.24, 2.45) is 5.92 Å². The van der Waals surface area contributed by atoms with Crippen LogP contribution >= 0.6 is 0 Å².